The fourth-order valence-corrected chi connectivity index (χ4v) is 1.53. The molecule has 2 aromatic rings. The summed E-state index contributed by atoms with van der Waals surface area (Å²) in [5.74, 6) is 1.19. The van der Waals surface area contributed by atoms with E-state index in [2.05, 4.69) is 0 Å². The average molecular weight is 283 g/mol. The third kappa shape index (κ3) is 3.39. The van der Waals surface area contributed by atoms with Crippen LogP contribution in [0.25, 0.3) is 0 Å². The number of rotatable bonds is 3. The molecule has 2 rings (SSSR count). The van der Waals surface area contributed by atoms with Crippen LogP contribution in [-0.2, 0) is 0 Å². The highest BCUT2D eigenvalue weighted by molar-refractivity contribution is 6.30. The molecule has 0 saturated carbocycles. The van der Waals surface area contributed by atoms with Crippen LogP contribution in [-0.4, -0.2) is 5.84 Å². The molecule has 0 saturated heterocycles. The van der Waals surface area contributed by atoms with E-state index in [1.165, 1.54) is 0 Å². The maximum atomic E-state index is 7.45. The number of para-hydroxylation sites is 1. The van der Waals surface area contributed by atoms with E-state index in [9.17, 15) is 0 Å². The lowest BCUT2D eigenvalue weighted by molar-refractivity contribution is 0.481. The number of amidine groups is 1. The van der Waals surface area contributed by atoms with Gasteiger partial charge in [-0.1, -0.05) is 23.7 Å². The van der Waals surface area contributed by atoms with Crippen LogP contribution in [0, 0.1) is 5.41 Å². The van der Waals surface area contributed by atoms with E-state index in [1.54, 1.807) is 36.4 Å². The van der Waals surface area contributed by atoms with E-state index in [4.69, 9.17) is 27.5 Å². The summed E-state index contributed by atoms with van der Waals surface area (Å²) in [7, 11) is 0. The first-order valence-corrected chi connectivity index (χ1v) is 5.41. The van der Waals surface area contributed by atoms with Crippen LogP contribution in [0.5, 0.6) is 11.5 Å². The van der Waals surface area contributed by atoms with Gasteiger partial charge in [-0.05, 0) is 36.4 Å². The highest BCUT2D eigenvalue weighted by atomic mass is 35.5. The van der Waals surface area contributed by atoms with Crippen molar-refractivity contribution in [2.75, 3.05) is 0 Å². The van der Waals surface area contributed by atoms with Crippen molar-refractivity contribution < 1.29 is 4.74 Å². The number of halogens is 2. The minimum atomic E-state index is -0.0189. The van der Waals surface area contributed by atoms with Crippen molar-refractivity contribution >= 4 is 29.8 Å². The van der Waals surface area contributed by atoms with Crippen molar-refractivity contribution in [3.63, 3.8) is 0 Å². The zero-order valence-corrected chi connectivity index (χ0v) is 11.0. The number of hydrogen-bond acceptors (Lipinski definition) is 2. The zero-order chi connectivity index (χ0) is 12.3. The van der Waals surface area contributed by atoms with Crippen molar-refractivity contribution in [2.24, 2.45) is 5.73 Å². The summed E-state index contributed by atoms with van der Waals surface area (Å²) in [6.07, 6.45) is 0. The first kappa shape index (κ1) is 14.4. The van der Waals surface area contributed by atoms with Gasteiger partial charge >= 0.3 is 0 Å². The third-order valence-electron chi connectivity index (χ3n) is 2.22. The van der Waals surface area contributed by atoms with Crippen molar-refractivity contribution in [1.29, 1.82) is 5.41 Å². The van der Waals surface area contributed by atoms with Crippen LogP contribution in [0.3, 0.4) is 0 Å². The zero-order valence-electron chi connectivity index (χ0n) is 9.39. The lowest BCUT2D eigenvalue weighted by Gasteiger charge is -2.09. The maximum absolute atomic E-state index is 7.45. The molecule has 5 heteroatoms. The van der Waals surface area contributed by atoms with Gasteiger partial charge in [-0.2, -0.15) is 0 Å². The molecular weight excluding hydrogens is 271 g/mol. The van der Waals surface area contributed by atoms with Crippen LogP contribution in [0.15, 0.2) is 48.5 Å². The van der Waals surface area contributed by atoms with Crippen molar-refractivity contribution in [3.05, 3.63) is 59.1 Å². The minimum Gasteiger partial charge on any atom is -0.457 e. The Bertz CT molecular complexity index is 541. The molecule has 0 aliphatic carbocycles. The van der Waals surface area contributed by atoms with Gasteiger partial charge in [0.1, 0.15) is 17.3 Å². The molecule has 2 aromatic carbocycles. The number of nitrogen functional groups attached to an aromatic ring is 1. The summed E-state index contributed by atoms with van der Waals surface area (Å²) in [6, 6.07) is 14.2. The van der Waals surface area contributed by atoms with E-state index in [0.717, 1.165) is 0 Å². The smallest absolute Gasteiger partial charge is 0.138 e. The van der Waals surface area contributed by atoms with E-state index in [0.29, 0.717) is 22.1 Å². The van der Waals surface area contributed by atoms with E-state index < -0.39 is 0 Å². The van der Waals surface area contributed by atoms with Crippen LogP contribution < -0.4 is 10.5 Å². The fraction of sp³-hybridized carbons (Fsp3) is 0. The number of nitrogens with one attached hydrogen (secondary N) is 1. The lowest BCUT2D eigenvalue weighted by Crippen LogP contribution is -2.12. The van der Waals surface area contributed by atoms with Gasteiger partial charge in [0.2, 0.25) is 0 Å². The molecule has 18 heavy (non-hydrogen) atoms. The van der Waals surface area contributed by atoms with Gasteiger partial charge < -0.3 is 10.5 Å². The van der Waals surface area contributed by atoms with E-state index >= 15 is 0 Å². The second-order valence-corrected chi connectivity index (χ2v) is 3.90. The van der Waals surface area contributed by atoms with E-state index in [1.807, 2.05) is 12.1 Å². The molecule has 0 radical (unpaired) electrons. The van der Waals surface area contributed by atoms with Gasteiger partial charge in [0.05, 0.1) is 5.56 Å². The van der Waals surface area contributed by atoms with Crippen molar-refractivity contribution in [1.82, 2.24) is 0 Å². The SMILES string of the molecule is Cl.N=C(N)c1ccccc1Oc1ccc(Cl)cc1. The number of hydrogen-bond donors (Lipinski definition) is 2. The minimum absolute atomic E-state index is 0. The van der Waals surface area contributed by atoms with Crippen LogP contribution in [0.4, 0.5) is 0 Å². The molecule has 0 heterocycles. The predicted molar refractivity (Wildman–Crippen MR) is 76.2 cm³/mol. The fourth-order valence-electron chi connectivity index (χ4n) is 1.41. The van der Waals surface area contributed by atoms with Gasteiger partial charge in [-0.25, -0.2) is 0 Å². The summed E-state index contributed by atoms with van der Waals surface area (Å²) >= 11 is 5.79. The Hall–Kier alpha value is -1.71. The Labute approximate surface area is 116 Å². The molecule has 0 spiro atoms. The molecule has 0 aliphatic heterocycles. The average Bonchev–Trinajstić information content (AvgIpc) is 2.32. The molecule has 0 unspecified atom stereocenters. The second-order valence-electron chi connectivity index (χ2n) is 3.47. The Balaban J connectivity index is 0.00000162. The first-order chi connectivity index (χ1) is 8.16. The Morgan fingerprint density at radius 2 is 1.67 bits per heavy atom. The summed E-state index contributed by atoms with van der Waals surface area (Å²) in [6.45, 7) is 0. The largest absolute Gasteiger partial charge is 0.457 e. The quantitative estimate of drug-likeness (QED) is 0.664. The highest BCUT2D eigenvalue weighted by Gasteiger charge is 2.06. The highest BCUT2D eigenvalue weighted by Crippen LogP contribution is 2.25. The predicted octanol–water partition coefficient (Wildman–Crippen LogP) is 3.84. The molecule has 94 valence electrons. The molecule has 0 aliphatic rings. The standard InChI is InChI=1S/C13H11ClN2O.ClH/c14-9-5-7-10(8-6-9)17-12-4-2-1-3-11(12)13(15)16;/h1-8H,(H3,15,16);1H. The maximum Gasteiger partial charge on any atom is 0.138 e. The first-order valence-electron chi connectivity index (χ1n) is 5.03. The topological polar surface area (TPSA) is 59.1 Å². The summed E-state index contributed by atoms with van der Waals surface area (Å²) < 4.78 is 5.65. The Morgan fingerprint density at radius 1 is 1.06 bits per heavy atom. The normalized spacial score (nSPS) is 9.39. The van der Waals surface area contributed by atoms with Gasteiger partial charge in [0.25, 0.3) is 0 Å². The summed E-state index contributed by atoms with van der Waals surface area (Å²) in [5, 5.41) is 8.10. The monoisotopic (exact) mass is 282 g/mol. The molecule has 0 aromatic heterocycles. The van der Waals surface area contributed by atoms with Gasteiger partial charge in [-0.3, -0.25) is 5.41 Å². The third-order valence-corrected chi connectivity index (χ3v) is 2.47. The molecule has 0 atom stereocenters. The molecule has 3 nitrogen and oxygen atoms in total. The summed E-state index contributed by atoms with van der Waals surface area (Å²) in [5.41, 5.74) is 6.05. The number of nitrogens with two attached hydrogens (primary N) is 1. The lowest BCUT2D eigenvalue weighted by atomic mass is 10.2. The molecule has 3 N–H and O–H groups in total. The van der Waals surface area contributed by atoms with Crippen molar-refractivity contribution in [2.45, 2.75) is 0 Å². The number of ether oxygens (including phenoxy) is 1. The number of benzene rings is 2. The van der Waals surface area contributed by atoms with Gasteiger partial charge in [-0.15, -0.1) is 12.4 Å². The molecule has 0 bridgehead atoms. The van der Waals surface area contributed by atoms with Crippen LogP contribution >= 0.6 is 24.0 Å². The van der Waals surface area contributed by atoms with Gasteiger partial charge in [0, 0.05) is 5.02 Å². The van der Waals surface area contributed by atoms with E-state index in [-0.39, 0.29) is 18.2 Å². The van der Waals surface area contributed by atoms with Gasteiger partial charge in [0.15, 0.2) is 0 Å². The molecule has 0 amide bonds. The van der Waals surface area contributed by atoms with Crippen LogP contribution in [0.2, 0.25) is 5.02 Å². The molecule has 0 fully saturated rings. The second kappa shape index (κ2) is 6.28. The van der Waals surface area contributed by atoms with Crippen LogP contribution in [0.1, 0.15) is 5.56 Å². The molecular formula is C13H12Cl2N2O. The van der Waals surface area contributed by atoms with Crippen molar-refractivity contribution in [3.8, 4) is 11.5 Å². The Kier molecular flexibility index (Phi) is 5.01. The Morgan fingerprint density at radius 3 is 2.28 bits per heavy atom. The summed E-state index contributed by atoms with van der Waals surface area (Å²) in [4.78, 5) is 0.